The molecule has 0 aliphatic heterocycles. The van der Waals surface area contributed by atoms with Crippen LogP contribution in [0, 0.1) is 5.92 Å². The van der Waals surface area contributed by atoms with Crippen molar-refractivity contribution >= 4 is 17.6 Å². The number of carbonyl (C=O) groups is 1. The van der Waals surface area contributed by atoms with Crippen LogP contribution >= 0.6 is 11.6 Å². The molecule has 0 heterocycles. The maximum Gasteiger partial charge on any atom is 0.303 e. The van der Waals surface area contributed by atoms with Crippen molar-refractivity contribution in [1.82, 2.24) is 0 Å². The lowest BCUT2D eigenvalue weighted by molar-refractivity contribution is -0.136. The number of aliphatic carboxylic acids is 1. The highest BCUT2D eigenvalue weighted by Gasteiger charge is 2.27. The average Bonchev–Trinajstić information content (AvgIpc) is 2.90. The first-order chi connectivity index (χ1) is 11.1. The minimum absolute atomic E-state index is 0.0948. The van der Waals surface area contributed by atoms with Gasteiger partial charge in [0.25, 0.3) is 0 Å². The molecule has 0 atom stereocenters. The fraction of sp³-hybridized carbons (Fsp3) is 0.526. The Balaban J connectivity index is 1.60. The van der Waals surface area contributed by atoms with Gasteiger partial charge in [-0.1, -0.05) is 29.7 Å². The number of carboxylic acid groups (broad SMARTS) is 1. The first kappa shape index (κ1) is 16.4. The normalized spacial score (nSPS) is 18.1. The van der Waals surface area contributed by atoms with Crippen molar-refractivity contribution in [3.05, 3.63) is 39.9 Å². The average molecular weight is 335 g/mol. The highest BCUT2D eigenvalue weighted by molar-refractivity contribution is 6.31. The van der Waals surface area contributed by atoms with Crippen molar-refractivity contribution in [3.63, 3.8) is 0 Å². The van der Waals surface area contributed by atoms with Gasteiger partial charge in [-0.15, -0.1) is 0 Å². The molecule has 0 saturated heterocycles. The molecule has 1 aromatic rings. The molecule has 1 aromatic carbocycles. The fourth-order valence-corrected chi connectivity index (χ4v) is 3.74. The minimum Gasteiger partial charge on any atom is -0.489 e. The number of halogens is 1. The van der Waals surface area contributed by atoms with Gasteiger partial charge in [-0.2, -0.15) is 0 Å². The number of ether oxygens (including phenoxy) is 1. The van der Waals surface area contributed by atoms with Crippen LogP contribution in [0.25, 0.3) is 0 Å². The van der Waals surface area contributed by atoms with E-state index in [-0.39, 0.29) is 6.42 Å². The van der Waals surface area contributed by atoms with Gasteiger partial charge in [-0.25, -0.2) is 0 Å². The van der Waals surface area contributed by atoms with Gasteiger partial charge in [0.2, 0.25) is 0 Å². The molecule has 0 radical (unpaired) electrons. The first-order valence-corrected chi connectivity index (χ1v) is 8.85. The van der Waals surface area contributed by atoms with E-state index in [2.05, 4.69) is 0 Å². The van der Waals surface area contributed by atoms with Gasteiger partial charge in [0.05, 0.1) is 0 Å². The van der Waals surface area contributed by atoms with E-state index >= 15 is 0 Å². The SMILES string of the molecule is O=C(O)CCc1ccc(OCC2=C(C3CCC3)CCC2)cc1Cl. The van der Waals surface area contributed by atoms with Gasteiger partial charge >= 0.3 is 5.97 Å². The molecule has 1 saturated carbocycles. The lowest BCUT2D eigenvalue weighted by Crippen LogP contribution is -2.15. The molecule has 0 amide bonds. The molecule has 0 spiro atoms. The van der Waals surface area contributed by atoms with E-state index in [1.807, 2.05) is 12.1 Å². The Morgan fingerprint density at radius 2 is 2.09 bits per heavy atom. The Morgan fingerprint density at radius 3 is 2.74 bits per heavy atom. The standard InChI is InChI=1S/C19H23ClO3/c20-18-11-16(9-7-14(18)8-10-19(21)22)23-12-15-5-2-6-17(15)13-3-1-4-13/h7,9,11,13H,1-6,8,10,12H2,(H,21,22). The molecule has 1 N–H and O–H groups in total. The molecular weight excluding hydrogens is 312 g/mol. The maximum absolute atomic E-state index is 10.6. The molecule has 0 unspecified atom stereocenters. The van der Waals surface area contributed by atoms with Crippen molar-refractivity contribution in [2.24, 2.45) is 5.92 Å². The van der Waals surface area contributed by atoms with E-state index in [1.165, 1.54) is 37.7 Å². The fourth-order valence-electron chi connectivity index (χ4n) is 3.48. The van der Waals surface area contributed by atoms with Gasteiger partial charge in [0.15, 0.2) is 0 Å². The van der Waals surface area contributed by atoms with Gasteiger partial charge in [-0.05, 0) is 67.7 Å². The lowest BCUT2D eigenvalue weighted by atomic mass is 9.78. The molecule has 0 aromatic heterocycles. The second kappa shape index (κ2) is 7.39. The summed E-state index contributed by atoms with van der Waals surface area (Å²) < 4.78 is 5.94. The summed E-state index contributed by atoms with van der Waals surface area (Å²) in [5, 5.41) is 9.33. The quantitative estimate of drug-likeness (QED) is 0.712. The van der Waals surface area contributed by atoms with Crippen molar-refractivity contribution in [2.75, 3.05) is 6.61 Å². The Hall–Kier alpha value is -1.48. The number of hydrogen-bond acceptors (Lipinski definition) is 2. The van der Waals surface area contributed by atoms with Gasteiger partial charge < -0.3 is 9.84 Å². The van der Waals surface area contributed by atoms with Crippen LogP contribution in [-0.2, 0) is 11.2 Å². The van der Waals surface area contributed by atoms with Crippen molar-refractivity contribution < 1.29 is 14.6 Å². The third-order valence-electron chi connectivity index (χ3n) is 5.02. The van der Waals surface area contributed by atoms with E-state index in [1.54, 1.807) is 11.6 Å². The van der Waals surface area contributed by atoms with Gasteiger partial charge in [0, 0.05) is 11.4 Å². The Bertz CT molecular complexity index is 617. The second-order valence-corrected chi connectivity index (χ2v) is 6.95. The lowest BCUT2D eigenvalue weighted by Gasteiger charge is -2.28. The molecule has 3 rings (SSSR count). The maximum atomic E-state index is 10.6. The monoisotopic (exact) mass is 334 g/mol. The Morgan fingerprint density at radius 1 is 1.26 bits per heavy atom. The summed E-state index contributed by atoms with van der Waals surface area (Å²) in [5.41, 5.74) is 4.00. The zero-order valence-electron chi connectivity index (χ0n) is 13.3. The summed E-state index contributed by atoms with van der Waals surface area (Å²) in [6.07, 6.45) is 8.29. The topological polar surface area (TPSA) is 46.5 Å². The van der Waals surface area contributed by atoms with Crippen LogP contribution in [-0.4, -0.2) is 17.7 Å². The van der Waals surface area contributed by atoms with Crippen molar-refractivity contribution in [2.45, 2.75) is 51.4 Å². The molecule has 1 fully saturated rings. The smallest absolute Gasteiger partial charge is 0.303 e. The van der Waals surface area contributed by atoms with Crippen molar-refractivity contribution in [1.29, 1.82) is 0 Å². The molecule has 124 valence electrons. The van der Waals surface area contributed by atoms with Crippen LogP contribution in [0.1, 0.15) is 50.5 Å². The van der Waals surface area contributed by atoms with Gasteiger partial charge in [-0.3, -0.25) is 4.79 Å². The van der Waals surface area contributed by atoms with Crippen LogP contribution < -0.4 is 4.74 Å². The minimum atomic E-state index is -0.807. The molecule has 2 aliphatic rings. The Labute approximate surface area is 142 Å². The third-order valence-corrected chi connectivity index (χ3v) is 5.37. The van der Waals surface area contributed by atoms with E-state index in [0.717, 1.165) is 23.7 Å². The molecule has 3 nitrogen and oxygen atoms in total. The van der Waals surface area contributed by atoms with E-state index < -0.39 is 5.97 Å². The first-order valence-electron chi connectivity index (χ1n) is 8.47. The highest BCUT2D eigenvalue weighted by atomic mass is 35.5. The summed E-state index contributed by atoms with van der Waals surface area (Å²) in [6.45, 7) is 0.663. The zero-order chi connectivity index (χ0) is 16.2. The van der Waals surface area contributed by atoms with Gasteiger partial charge in [0.1, 0.15) is 12.4 Å². The summed E-state index contributed by atoms with van der Waals surface area (Å²) in [7, 11) is 0. The molecule has 2 aliphatic carbocycles. The van der Waals surface area contributed by atoms with E-state index in [4.69, 9.17) is 21.4 Å². The summed E-state index contributed by atoms with van der Waals surface area (Å²) in [5.74, 6) is 0.776. The van der Waals surface area contributed by atoms with Crippen LogP contribution in [0.15, 0.2) is 29.3 Å². The summed E-state index contributed by atoms with van der Waals surface area (Å²) in [4.78, 5) is 10.6. The predicted octanol–water partition coefficient (Wildman–Crippen LogP) is 5.02. The molecular formula is C19H23ClO3. The summed E-state index contributed by atoms with van der Waals surface area (Å²) in [6, 6.07) is 5.56. The predicted molar refractivity (Wildman–Crippen MR) is 91.1 cm³/mol. The number of carboxylic acids is 1. The zero-order valence-corrected chi connectivity index (χ0v) is 14.1. The van der Waals surface area contributed by atoms with Crippen LogP contribution in [0.4, 0.5) is 0 Å². The number of hydrogen-bond donors (Lipinski definition) is 1. The number of aryl methyl sites for hydroxylation is 1. The molecule has 23 heavy (non-hydrogen) atoms. The third kappa shape index (κ3) is 4.08. The van der Waals surface area contributed by atoms with Crippen molar-refractivity contribution in [3.8, 4) is 5.75 Å². The molecule has 0 bridgehead atoms. The number of rotatable bonds is 7. The van der Waals surface area contributed by atoms with Crippen LogP contribution in [0.3, 0.4) is 0 Å². The molecule has 4 heteroatoms. The number of benzene rings is 1. The van der Waals surface area contributed by atoms with Crippen LogP contribution in [0.2, 0.25) is 5.02 Å². The number of allylic oxidation sites excluding steroid dienone is 1. The Kier molecular flexibility index (Phi) is 5.27. The largest absolute Gasteiger partial charge is 0.489 e. The summed E-state index contributed by atoms with van der Waals surface area (Å²) >= 11 is 6.23. The highest BCUT2D eigenvalue weighted by Crippen LogP contribution is 2.41. The second-order valence-electron chi connectivity index (χ2n) is 6.55. The van der Waals surface area contributed by atoms with E-state index in [9.17, 15) is 4.79 Å². The van der Waals surface area contributed by atoms with Crippen LogP contribution in [0.5, 0.6) is 5.75 Å². The van der Waals surface area contributed by atoms with E-state index in [0.29, 0.717) is 18.1 Å².